The molecule has 0 saturated carbocycles. The second-order valence-corrected chi connectivity index (χ2v) is 5.47. The predicted octanol–water partition coefficient (Wildman–Crippen LogP) is 2.84. The minimum absolute atomic E-state index is 0.153. The summed E-state index contributed by atoms with van der Waals surface area (Å²) < 4.78 is 14.2. The van der Waals surface area contributed by atoms with Crippen molar-refractivity contribution in [3.05, 3.63) is 29.4 Å². The zero-order valence-corrected chi connectivity index (χ0v) is 10.6. The normalized spacial score (nSPS) is 21.1. The number of benzene rings is 1. The summed E-state index contributed by atoms with van der Waals surface area (Å²) >= 11 is 1.62. The SMILES string of the molecule is C[C@H]1CN(c2csc3cc(F)ccc23)CCN1. The van der Waals surface area contributed by atoms with Gasteiger partial charge in [-0.1, -0.05) is 0 Å². The van der Waals surface area contributed by atoms with Crippen LogP contribution < -0.4 is 10.2 Å². The van der Waals surface area contributed by atoms with Crippen molar-refractivity contribution in [3.63, 3.8) is 0 Å². The molecule has 1 aliphatic rings. The molecule has 17 heavy (non-hydrogen) atoms. The maximum absolute atomic E-state index is 13.1. The number of nitrogens with zero attached hydrogens (tertiary/aromatic N) is 1. The fraction of sp³-hybridized carbons (Fsp3) is 0.385. The smallest absolute Gasteiger partial charge is 0.124 e. The van der Waals surface area contributed by atoms with E-state index in [1.54, 1.807) is 23.5 Å². The Bertz CT molecular complexity index is 537. The van der Waals surface area contributed by atoms with Crippen LogP contribution in [-0.4, -0.2) is 25.7 Å². The quantitative estimate of drug-likeness (QED) is 0.837. The second-order valence-electron chi connectivity index (χ2n) is 4.56. The first kappa shape index (κ1) is 11.0. The molecule has 1 N–H and O–H groups in total. The Morgan fingerprint density at radius 1 is 1.47 bits per heavy atom. The average Bonchev–Trinajstić information content (AvgIpc) is 2.71. The Morgan fingerprint density at radius 2 is 2.35 bits per heavy atom. The van der Waals surface area contributed by atoms with Crippen molar-refractivity contribution in [2.45, 2.75) is 13.0 Å². The van der Waals surface area contributed by atoms with Gasteiger partial charge < -0.3 is 10.2 Å². The first-order valence-electron chi connectivity index (χ1n) is 5.89. The largest absolute Gasteiger partial charge is 0.368 e. The minimum Gasteiger partial charge on any atom is -0.368 e. The molecule has 0 bridgehead atoms. The monoisotopic (exact) mass is 250 g/mol. The molecule has 1 aromatic carbocycles. The fourth-order valence-electron chi connectivity index (χ4n) is 2.38. The van der Waals surface area contributed by atoms with Crippen LogP contribution in [0.5, 0.6) is 0 Å². The number of anilines is 1. The van der Waals surface area contributed by atoms with Gasteiger partial charge in [-0.15, -0.1) is 11.3 Å². The summed E-state index contributed by atoms with van der Waals surface area (Å²) in [6.45, 7) is 5.25. The lowest BCUT2D eigenvalue weighted by Crippen LogP contribution is -2.49. The number of hydrogen-bond acceptors (Lipinski definition) is 3. The van der Waals surface area contributed by atoms with E-state index in [1.807, 2.05) is 6.07 Å². The Kier molecular flexibility index (Phi) is 2.76. The second kappa shape index (κ2) is 4.27. The van der Waals surface area contributed by atoms with E-state index in [1.165, 1.54) is 11.1 Å². The average molecular weight is 250 g/mol. The van der Waals surface area contributed by atoms with Gasteiger partial charge in [0.1, 0.15) is 5.82 Å². The van der Waals surface area contributed by atoms with E-state index < -0.39 is 0 Å². The third-order valence-electron chi connectivity index (χ3n) is 3.23. The summed E-state index contributed by atoms with van der Waals surface area (Å²) in [4.78, 5) is 2.39. The van der Waals surface area contributed by atoms with Gasteiger partial charge in [-0.05, 0) is 25.1 Å². The van der Waals surface area contributed by atoms with Gasteiger partial charge in [-0.25, -0.2) is 4.39 Å². The van der Waals surface area contributed by atoms with Crippen LogP contribution in [0.4, 0.5) is 10.1 Å². The lowest BCUT2D eigenvalue weighted by atomic mass is 10.2. The van der Waals surface area contributed by atoms with Gasteiger partial charge in [0.2, 0.25) is 0 Å². The Balaban J connectivity index is 1.99. The van der Waals surface area contributed by atoms with Crippen molar-refractivity contribution in [1.82, 2.24) is 5.32 Å². The molecule has 3 rings (SSSR count). The Morgan fingerprint density at radius 3 is 3.18 bits per heavy atom. The van der Waals surface area contributed by atoms with Crippen molar-refractivity contribution in [2.24, 2.45) is 0 Å². The lowest BCUT2D eigenvalue weighted by Gasteiger charge is -2.33. The number of fused-ring (bicyclic) bond motifs is 1. The molecule has 1 fully saturated rings. The Hall–Kier alpha value is -1.13. The molecule has 0 amide bonds. The zero-order chi connectivity index (χ0) is 11.8. The fourth-order valence-corrected chi connectivity index (χ4v) is 3.38. The summed E-state index contributed by atoms with van der Waals surface area (Å²) in [5.74, 6) is -0.153. The molecular formula is C13H15FN2S. The highest BCUT2D eigenvalue weighted by atomic mass is 32.1. The molecule has 1 aromatic heterocycles. The van der Waals surface area contributed by atoms with Crippen molar-refractivity contribution < 1.29 is 4.39 Å². The summed E-state index contributed by atoms with van der Waals surface area (Å²) in [6, 6.07) is 5.57. The van der Waals surface area contributed by atoms with Crippen LogP contribution in [-0.2, 0) is 0 Å². The molecular weight excluding hydrogens is 235 g/mol. The van der Waals surface area contributed by atoms with Gasteiger partial charge in [-0.2, -0.15) is 0 Å². The third kappa shape index (κ3) is 2.03. The summed E-state index contributed by atoms with van der Waals surface area (Å²) in [7, 11) is 0. The van der Waals surface area contributed by atoms with Gasteiger partial charge in [-0.3, -0.25) is 0 Å². The molecule has 1 atom stereocenters. The molecule has 0 spiro atoms. The molecule has 0 aliphatic carbocycles. The van der Waals surface area contributed by atoms with Crippen LogP contribution in [0.3, 0.4) is 0 Å². The molecule has 1 saturated heterocycles. The summed E-state index contributed by atoms with van der Waals surface area (Å²) in [5.41, 5.74) is 1.25. The molecule has 4 heteroatoms. The lowest BCUT2D eigenvalue weighted by molar-refractivity contribution is 0.486. The standard InChI is InChI=1S/C13H15FN2S/c1-9-7-16(5-4-15-9)12-8-17-13-6-10(14)2-3-11(12)13/h2-3,6,8-9,15H,4-5,7H2,1H3/t9-/m0/s1. The number of piperazine rings is 1. The molecule has 1 aliphatic heterocycles. The van der Waals surface area contributed by atoms with E-state index in [0.29, 0.717) is 6.04 Å². The maximum Gasteiger partial charge on any atom is 0.124 e. The van der Waals surface area contributed by atoms with E-state index in [0.717, 1.165) is 24.3 Å². The van der Waals surface area contributed by atoms with Crippen LogP contribution in [0.1, 0.15) is 6.92 Å². The van der Waals surface area contributed by atoms with E-state index in [9.17, 15) is 4.39 Å². The predicted molar refractivity (Wildman–Crippen MR) is 71.5 cm³/mol. The van der Waals surface area contributed by atoms with E-state index in [-0.39, 0.29) is 5.82 Å². The van der Waals surface area contributed by atoms with E-state index in [2.05, 4.69) is 22.5 Å². The van der Waals surface area contributed by atoms with Crippen LogP contribution in [0.25, 0.3) is 10.1 Å². The topological polar surface area (TPSA) is 15.3 Å². The first-order valence-corrected chi connectivity index (χ1v) is 6.77. The van der Waals surface area contributed by atoms with Crippen LogP contribution in [0.2, 0.25) is 0 Å². The highest BCUT2D eigenvalue weighted by Crippen LogP contribution is 2.33. The maximum atomic E-state index is 13.1. The zero-order valence-electron chi connectivity index (χ0n) is 9.74. The number of thiophene rings is 1. The van der Waals surface area contributed by atoms with Gasteiger partial charge >= 0.3 is 0 Å². The molecule has 90 valence electrons. The van der Waals surface area contributed by atoms with Gasteiger partial charge in [0.15, 0.2) is 0 Å². The van der Waals surface area contributed by atoms with Crippen molar-refractivity contribution >= 4 is 27.1 Å². The van der Waals surface area contributed by atoms with Crippen molar-refractivity contribution in [3.8, 4) is 0 Å². The number of halogens is 1. The minimum atomic E-state index is -0.153. The number of rotatable bonds is 1. The van der Waals surface area contributed by atoms with Gasteiger partial charge in [0.05, 0.1) is 5.69 Å². The highest BCUT2D eigenvalue weighted by molar-refractivity contribution is 7.17. The number of hydrogen-bond donors (Lipinski definition) is 1. The first-order chi connectivity index (χ1) is 8.24. The molecule has 2 aromatic rings. The van der Waals surface area contributed by atoms with Crippen LogP contribution >= 0.6 is 11.3 Å². The summed E-state index contributed by atoms with van der Waals surface area (Å²) in [5, 5.41) is 6.75. The molecule has 2 heterocycles. The molecule has 0 unspecified atom stereocenters. The highest BCUT2D eigenvalue weighted by Gasteiger charge is 2.18. The van der Waals surface area contributed by atoms with Crippen molar-refractivity contribution in [1.29, 1.82) is 0 Å². The van der Waals surface area contributed by atoms with Gasteiger partial charge in [0, 0.05) is 41.1 Å². The molecule has 2 nitrogen and oxygen atoms in total. The number of nitrogens with one attached hydrogen (secondary N) is 1. The van der Waals surface area contributed by atoms with Crippen LogP contribution in [0, 0.1) is 5.82 Å². The third-order valence-corrected chi connectivity index (χ3v) is 4.16. The summed E-state index contributed by atoms with van der Waals surface area (Å²) in [6.07, 6.45) is 0. The van der Waals surface area contributed by atoms with Crippen LogP contribution in [0.15, 0.2) is 23.6 Å². The van der Waals surface area contributed by atoms with Crippen molar-refractivity contribution in [2.75, 3.05) is 24.5 Å². The molecule has 0 radical (unpaired) electrons. The Labute approximate surface area is 104 Å². The van der Waals surface area contributed by atoms with Gasteiger partial charge in [0.25, 0.3) is 0 Å². The van der Waals surface area contributed by atoms with E-state index >= 15 is 0 Å². The van der Waals surface area contributed by atoms with E-state index in [4.69, 9.17) is 0 Å².